The Morgan fingerprint density at radius 2 is 1.95 bits per heavy atom. The van der Waals surface area contributed by atoms with Crippen LogP contribution < -0.4 is 10.6 Å². The summed E-state index contributed by atoms with van der Waals surface area (Å²) in [6, 6.07) is 12.9. The Bertz CT molecular complexity index is 637. The van der Waals surface area contributed by atoms with Gasteiger partial charge < -0.3 is 10.6 Å². The van der Waals surface area contributed by atoms with E-state index in [0.717, 1.165) is 5.56 Å². The zero-order valence-electron chi connectivity index (χ0n) is 11.7. The zero-order chi connectivity index (χ0) is 14.7. The number of nitrogens with zero attached hydrogens (tertiary/aromatic N) is 1. The maximum atomic E-state index is 13.8. The molecule has 0 fully saturated rings. The van der Waals surface area contributed by atoms with Gasteiger partial charge in [-0.25, -0.2) is 4.39 Å². The summed E-state index contributed by atoms with van der Waals surface area (Å²) < 4.78 is 13.8. The van der Waals surface area contributed by atoms with Crippen molar-refractivity contribution in [2.45, 2.75) is 13.5 Å². The van der Waals surface area contributed by atoms with E-state index in [2.05, 4.69) is 6.07 Å². The van der Waals surface area contributed by atoms with Gasteiger partial charge in [0, 0.05) is 13.6 Å². The first-order valence-corrected chi connectivity index (χ1v) is 6.38. The quantitative estimate of drug-likeness (QED) is 0.663. The second-order valence-corrected chi connectivity index (χ2v) is 4.89. The van der Waals surface area contributed by atoms with Crippen LogP contribution in [0.2, 0.25) is 0 Å². The summed E-state index contributed by atoms with van der Waals surface area (Å²) in [5, 5.41) is 7.54. The Hall–Kier alpha value is -2.36. The molecule has 0 aliphatic heterocycles. The fourth-order valence-corrected chi connectivity index (χ4v) is 2.27. The van der Waals surface area contributed by atoms with E-state index in [-0.39, 0.29) is 11.4 Å². The average Bonchev–Trinajstić information content (AvgIpc) is 2.37. The summed E-state index contributed by atoms with van der Waals surface area (Å²) in [6.45, 7) is 2.66. The van der Waals surface area contributed by atoms with Gasteiger partial charge in [0.15, 0.2) is 0 Å². The molecule has 20 heavy (non-hydrogen) atoms. The number of hydrogen-bond donors (Lipinski definition) is 2. The summed E-state index contributed by atoms with van der Waals surface area (Å²) in [4.78, 5) is 1.90. The van der Waals surface area contributed by atoms with Crippen molar-refractivity contribution in [3.05, 3.63) is 65.0 Å². The maximum absolute atomic E-state index is 13.8. The van der Waals surface area contributed by atoms with Crippen LogP contribution in [0.15, 0.2) is 42.5 Å². The van der Waals surface area contributed by atoms with Crippen molar-refractivity contribution in [2.75, 3.05) is 11.9 Å². The van der Waals surface area contributed by atoms with E-state index in [4.69, 9.17) is 11.1 Å². The van der Waals surface area contributed by atoms with Crippen molar-refractivity contribution < 1.29 is 4.39 Å². The van der Waals surface area contributed by atoms with Crippen molar-refractivity contribution in [2.24, 2.45) is 5.73 Å². The molecular weight excluding hydrogens is 253 g/mol. The number of hydrogen-bond acceptors (Lipinski definition) is 2. The Morgan fingerprint density at radius 3 is 2.60 bits per heavy atom. The first kappa shape index (κ1) is 14.1. The smallest absolute Gasteiger partial charge is 0.136 e. The molecule has 3 nitrogen and oxygen atoms in total. The molecule has 0 amide bonds. The summed E-state index contributed by atoms with van der Waals surface area (Å²) in [5.74, 6) is -0.722. The largest absolute Gasteiger partial charge is 0.384 e. The van der Waals surface area contributed by atoms with Gasteiger partial charge in [-0.2, -0.15) is 0 Å². The van der Waals surface area contributed by atoms with Gasteiger partial charge in [-0.15, -0.1) is 0 Å². The predicted molar refractivity (Wildman–Crippen MR) is 80.7 cm³/mol. The SMILES string of the molecule is Cc1cccc(CN(C)c2cccc(F)c2C(=N)N)c1. The minimum absolute atomic E-state index is 0.155. The van der Waals surface area contributed by atoms with Crippen LogP contribution in [0, 0.1) is 18.2 Å². The Kier molecular flexibility index (Phi) is 4.03. The second kappa shape index (κ2) is 5.74. The molecule has 0 spiro atoms. The van der Waals surface area contributed by atoms with Gasteiger partial charge in [-0.05, 0) is 24.6 Å². The van der Waals surface area contributed by atoms with Gasteiger partial charge in [-0.3, -0.25) is 5.41 Å². The van der Waals surface area contributed by atoms with Gasteiger partial charge in [0.05, 0.1) is 11.3 Å². The molecule has 0 aromatic heterocycles. The first-order chi connectivity index (χ1) is 9.49. The van der Waals surface area contributed by atoms with E-state index >= 15 is 0 Å². The lowest BCUT2D eigenvalue weighted by Crippen LogP contribution is -2.23. The monoisotopic (exact) mass is 271 g/mol. The van der Waals surface area contributed by atoms with Crippen LogP contribution in [-0.4, -0.2) is 12.9 Å². The lowest BCUT2D eigenvalue weighted by molar-refractivity contribution is 0.624. The molecule has 4 heteroatoms. The van der Waals surface area contributed by atoms with E-state index in [1.54, 1.807) is 12.1 Å². The number of halogens is 1. The fraction of sp³-hybridized carbons (Fsp3) is 0.188. The van der Waals surface area contributed by atoms with E-state index in [9.17, 15) is 4.39 Å². The van der Waals surface area contributed by atoms with E-state index in [0.29, 0.717) is 12.2 Å². The third kappa shape index (κ3) is 2.96. The molecular formula is C16H18FN3. The molecule has 3 N–H and O–H groups in total. The van der Waals surface area contributed by atoms with Crippen molar-refractivity contribution in [3.8, 4) is 0 Å². The number of aryl methyl sites for hydroxylation is 1. The highest BCUT2D eigenvalue weighted by Gasteiger charge is 2.14. The Morgan fingerprint density at radius 1 is 1.25 bits per heavy atom. The molecule has 0 atom stereocenters. The molecule has 0 radical (unpaired) electrons. The number of anilines is 1. The van der Waals surface area contributed by atoms with Crippen molar-refractivity contribution >= 4 is 11.5 Å². The topological polar surface area (TPSA) is 53.1 Å². The van der Waals surface area contributed by atoms with Gasteiger partial charge in [0.1, 0.15) is 11.7 Å². The number of nitrogens with two attached hydrogens (primary N) is 1. The van der Waals surface area contributed by atoms with Crippen LogP contribution in [0.1, 0.15) is 16.7 Å². The van der Waals surface area contributed by atoms with E-state index in [1.165, 1.54) is 11.6 Å². The summed E-state index contributed by atoms with van der Waals surface area (Å²) in [6.07, 6.45) is 0. The number of nitrogens with one attached hydrogen (secondary N) is 1. The van der Waals surface area contributed by atoms with Crippen LogP contribution in [-0.2, 0) is 6.54 Å². The second-order valence-electron chi connectivity index (χ2n) is 4.89. The molecule has 0 aliphatic rings. The van der Waals surface area contributed by atoms with Gasteiger partial charge in [0.25, 0.3) is 0 Å². The highest BCUT2D eigenvalue weighted by Crippen LogP contribution is 2.23. The van der Waals surface area contributed by atoms with E-state index < -0.39 is 5.82 Å². The molecule has 0 bridgehead atoms. The number of nitrogen functional groups attached to an aromatic ring is 1. The highest BCUT2D eigenvalue weighted by atomic mass is 19.1. The number of rotatable bonds is 4. The van der Waals surface area contributed by atoms with Crippen LogP contribution in [0.5, 0.6) is 0 Å². The zero-order valence-corrected chi connectivity index (χ0v) is 11.7. The molecule has 0 saturated heterocycles. The molecule has 0 aliphatic carbocycles. The van der Waals surface area contributed by atoms with Crippen molar-refractivity contribution in [3.63, 3.8) is 0 Å². The lowest BCUT2D eigenvalue weighted by atomic mass is 10.1. The van der Waals surface area contributed by atoms with Crippen LogP contribution >= 0.6 is 0 Å². The molecule has 2 aromatic carbocycles. The van der Waals surface area contributed by atoms with Crippen LogP contribution in [0.4, 0.5) is 10.1 Å². The van der Waals surface area contributed by atoms with Gasteiger partial charge in [0.2, 0.25) is 0 Å². The molecule has 2 aromatic rings. The third-order valence-corrected chi connectivity index (χ3v) is 3.17. The van der Waals surface area contributed by atoms with Crippen LogP contribution in [0.25, 0.3) is 0 Å². The Balaban J connectivity index is 2.32. The molecule has 0 unspecified atom stereocenters. The molecule has 0 saturated carbocycles. The van der Waals surface area contributed by atoms with E-state index in [1.807, 2.05) is 37.1 Å². The summed E-state index contributed by atoms with van der Waals surface area (Å²) in [5.41, 5.74) is 8.58. The Labute approximate surface area is 118 Å². The summed E-state index contributed by atoms with van der Waals surface area (Å²) >= 11 is 0. The molecule has 0 heterocycles. The fourth-order valence-electron chi connectivity index (χ4n) is 2.27. The normalized spacial score (nSPS) is 10.3. The summed E-state index contributed by atoms with van der Waals surface area (Å²) in [7, 11) is 1.86. The van der Waals surface area contributed by atoms with Gasteiger partial charge >= 0.3 is 0 Å². The minimum atomic E-state index is -0.467. The average molecular weight is 271 g/mol. The van der Waals surface area contributed by atoms with Crippen molar-refractivity contribution in [1.29, 1.82) is 5.41 Å². The number of benzene rings is 2. The number of amidine groups is 1. The van der Waals surface area contributed by atoms with Gasteiger partial charge in [-0.1, -0.05) is 35.9 Å². The minimum Gasteiger partial charge on any atom is -0.384 e. The molecule has 104 valence electrons. The maximum Gasteiger partial charge on any atom is 0.136 e. The highest BCUT2D eigenvalue weighted by molar-refractivity contribution is 6.00. The standard InChI is InChI=1S/C16H18FN3/c1-11-5-3-6-12(9-11)10-20(2)14-8-4-7-13(17)15(14)16(18)19/h3-9H,10H2,1-2H3,(H3,18,19). The lowest BCUT2D eigenvalue weighted by Gasteiger charge is -2.22. The first-order valence-electron chi connectivity index (χ1n) is 6.38. The van der Waals surface area contributed by atoms with Crippen LogP contribution in [0.3, 0.4) is 0 Å². The van der Waals surface area contributed by atoms with Crippen molar-refractivity contribution in [1.82, 2.24) is 0 Å². The third-order valence-electron chi connectivity index (χ3n) is 3.17. The molecule has 2 rings (SSSR count). The predicted octanol–water partition coefficient (Wildman–Crippen LogP) is 3.05.